The third kappa shape index (κ3) is 3.33. The first-order valence-corrected chi connectivity index (χ1v) is 6.90. The third-order valence-corrected chi connectivity index (χ3v) is 3.72. The maximum Gasteiger partial charge on any atom is 0.227 e. The van der Waals surface area contributed by atoms with Crippen molar-refractivity contribution < 1.29 is 4.79 Å². The van der Waals surface area contributed by atoms with Crippen LogP contribution in [0.4, 0.5) is 5.69 Å². The summed E-state index contributed by atoms with van der Waals surface area (Å²) in [7, 11) is 0. The van der Waals surface area contributed by atoms with E-state index in [2.05, 4.69) is 5.32 Å². The zero-order valence-corrected chi connectivity index (χ0v) is 10.8. The van der Waals surface area contributed by atoms with Gasteiger partial charge in [0, 0.05) is 18.2 Å². The van der Waals surface area contributed by atoms with Crippen LogP contribution in [0.15, 0.2) is 24.3 Å². The zero-order valence-electron chi connectivity index (χ0n) is 10.8. The number of anilines is 1. The van der Waals surface area contributed by atoms with Gasteiger partial charge in [0.2, 0.25) is 5.91 Å². The van der Waals surface area contributed by atoms with Gasteiger partial charge in [0.1, 0.15) is 0 Å². The summed E-state index contributed by atoms with van der Waals surface area (Å²) in [5, 5.41) is 3.04. The van der Waals surface area contributed by atoms with E-state index in [1.54, 1.807) is 0 Å². The Morgan fingerprint density at radius 1 is 1.17 bits per heavy atom. The third-order valence-electron chi connectivity index (χ3n) is 3.72. The molecule has 0 aliphatic heterocycles. The summed E-state index contributed by atoms with van der Waals surface area (Å²) in [6.07, 6.45) is 6.94. The normalized spacial score (nSPS) is 17.2. The smallest absolute Gasteiger partial charge is 0.227 e. The summed E-state index contributed by atoms with van der Waals surface area (Å²) < 4.78 is 0. The van der Waals surface area contributed by atoms with Gasteiger partial charge in [-0.15, -0.1) is 0 Å². The molecule has 0 atom stereocenters. The van der Waals surface area contributed by atoms with Crippen LogP contribution in [0.25, 0.3) is 0 Å². The molecular formula is C15H22N2O. The van der Waals surface area contributed by atoms with Crippen molar-refractivity contribution in [2.24, 2.45) is 11.7 Å². The number of hydrogen-bond acceptors (Lipinski definition) is 2. The highest BCUT2D eigenvalue weighted by atomic mass is 16.1. The Hall–Kier alpha value is -1.35. The van der Waals surface area contributed by atoms with Crippen molar-refractivity contribution >= 4 is 11.6 Å². The molecule has 3 N–H and O–H groups in total. The van der Waals surface area contributed by atoms with Crippen LogP contribution in [0.1, 0.15) is 44.1 Å². The van der Waals surface area contributed by atoms with Crippen LogP contribution >= 0.6 is 0 Å². The van der Waals surface area contributed by atoms with Crippen LogP contribution < -0.4 is 11.1 Å². The Morgan fingerprint density at radius 2 is 1.83 bits per heavy atom. The highest BCUT2D eigenvalue weighted by molar-refractivity contribution is 5.93. The fraction of sp³-hybridized carbons (Fsp3) is 0.533. The first-order valence-electron chi connectivity index (χ1n) is 6.90. The Bertz CT molecular complexity index is 395. The molecule has 1 aromatic rings. The van der Waals surface area contributed by atoms with Crippen LogP contribution in [-0.4, -0.2) is 5.91 Å². The van der Waals surface area contributed by atoms with Gasteiger partial charge in [-0.3, -0.25) is 4.79 Å². The number of carbonyl (C=O) groups excluding carboxylic acids is 1. The highest BCUT2D eigenvalue weighted by Crippen LogP contribution is 2.24. The van der Waals surface area contributed by atoms with Crippen molar-refractivity contribution in [3.05, 3.63) is 29.8 Å². The predicted molar refractivity (Wildman–Crippen MR) is 74.2 cm³/mol. The Labute approximate surface area is 109 Å². The molecule has 98 valence electrons. The molecule has 1 aliphatic rings. The van der Waals surface area contributed by atoms with Crippen LogP contribution in [0.3, 0.4) is 0 Å². The predicted octanol–water partition coefficient (Wildman–Crippen LogP) is 3.05. The number of amides is 1. The molecule has 1 amide bonds. The molecule has 0 unspecified atom stereocenters. The molecule has 0 heterocycles. The summed E-state index contributed by atoms with van der Waals surface area (Å²) in [5.74, 6) is 0.344. The molecule has 1 fully saturated rings. The molecule has 3 heteroatoms. The fourth-order valence-electron chi connectivity index (χ4n) is 2.60. The monoisotopic (exact) mass is 246 g/mol. The van der Waals surface area contributed by atoms with Crippen molar-refractivity contribution in [2.45, 2.75) is 45.1 Å². The van der Waals surface area contributed by atoms with E-state index in [4.69, 9.17) is 5.73 Å². The van der Waals surface area contributed by atoms with Crippen molar-refractivity contribution in [1.29, 1.82) is 0 Å². The van der Waals surface area contributed by atoms with E-state index < -0.39 is 0 Å². The van der Waals surface area contributed by atoms with Crippen LogP contribution in [0.5, 0.6) is 0 Å². The lowest BCUT2D eigenvalue weighted by molar-refractivity contribution is -0.120. The van der Waals surface area contributed by atoms with Gasteiger partial charge in [0.25, 0.3) is 0 Å². The minimum atomic E-state index is 0.165. The standard InChI is InChI=1S/C15H22N2O/c16-11-13-9-5-6-10-14(13)17-15(18)12-7-3-1-2-4-8-12/h5-6,9-10,12H,1-4,7-8,11,16H2,(H,17,18). The fourth-order valence-corrected chi connectivity index (χ4v) is 2.60. The van der Waals surface area contributed by atoms with E-state index in [1.165, 1.54) is 25.7 Å². The van der Waals surface area contributed by atoms with E-state index in [1.807, 2.05) is 24.3 Å². The molecule has 0 bridgehead atoms. The van der Waals surface area contributed by atoms with Crippen LogP contribution in [0.2, 0.25) is 0 Å². The summed E-state index contributed by atoms with van der Waals surface area (Å²) in [6.45, 7) is 0.459. The van der Waals surface area contributed by atoms with Gasteiger partial charge in [0.15, 0.2) is 0 Å². The minimum Gasteiger partial charge on any atom is -0.326 e. The van der Waals surface area contributed by atoms with E-state index in [0.29, 0.717) is 6.54 Å². The average molecular weight is 246 g/mol. The van der Waals surface area contributed by atoms with Gasteiger partial charge in [-0.05, 0) is 24.5 Å². The summed E-state index contributed by atoms with van der Waals surface area (Å²) in [4.78, 5) is 12.2. The summed E-state index contributed by atoms with van der Waals surface area (Å²) in [6, 6.07) is 7.77. The number of hydrogen-bond donors (Lipinski definition) is 2. The summed E-state index contributed by atoms with van der Waals surface area (Å²) >= 11 is 0. The minimum absolute atomic E-state index is 0.165. The topological polar surface area (TPSA) is 55.1 Å². The van der Waals surface area contributed by atoms with Gasteiger partial charge < -0.3 is 11.1 Å². The van der Waals surface area contributed by atoms with E-state index in [0.717, 1.165) is 24.1 Å². The van der Waals surface area contributed by atoms with Crippen LogP contribution in [-0.2, 0) is 11.3 Å². The van der Waals surface area contributed by atoms with Gasteiger partial charge in [-0.25, -0.2) is 0 Å². The lowest BCUT2D eigenvalue weighted by Gasteiger charge is -2.15. The lowest BCUT2D eigenvalue weighted by Crippen LogP contribution is -2.23. The SMILES string of the molecule is NCc1ccccc1NC(=O)C1CCCCCC1. The van der Waals surface area contributed by atoms with Crippen molar-refractivity contribution in [3.63, 3.8) is 0 Å². The molecular weight excluding hydrogens is 224 g/mol. The molecule has 0 radical (unpaired) electrons. The molecule has 1 aromatic carbocycles. The largest absolute Gasteiger partial charge is 0.326 e. The number of carbonyl (C=O) groups is 1. The molecule has 2 rings (SSSR count). The first kappa shape index (κ1) is 13.1. The molecule has 3 nitrogen and oxygen atoms in total. The number of para-hydroxylation sites is 1. The number of nitrogens with one attached hydrogen (secondary N) is 1. The van der Waals surface area contributed by atoms with Crippen molar-refractivity contribution in [3.8, 4) is 0 Å². The van der Waals surface area contributed by atoms with Gasteiger partial charge in [0.05, 0.1) is 0 Å². The van der Waals surface area contributed by atoms with Gasteiger partial charge in [-0.1, -0.05) is 43.9 Å². The van der Waals surface area contributed by atoms with E-state index >= 15 is 0 Å². The molecule has 0 spiro atoms. The summed E-state index contributed by atoms with van der Waals surface area (Å²) in [5.41, 5.74) is 7.55. The number of benzene rings is 1. The molecule has 18 heavy (non-hydrogen) atoms. The maximum atomic E-state index is 12.2. The van der Waals surface area contributed by atoms with Gasteiger partial charge >= 0.3 is 0 Å². The second kappa shape index (κ2) is 6.55. The lowest BCUT2D eigenvalue weighted by atomic mass is 9.99. The molecule has 1 aliphatic carbocycles. The second-order valence-electron chi connectivity index (χ2n) is 5.04. The van der Waals surface area contributed by atoms with E-state index in [-0.39, 0.29) is 11.8 Å². The molecule has 0 aromatic heterocycles. The Morgan fingerprint density at radius 3 is 2.50 bits per heavy atom. The highest BCUT2D eigenvalue weighted by Gasteiger charge is 2.20. The number of rotatable bonds is 3. The second-order valence-corrected chi connectivity index (χ2v) is 5.04. The van der Waals surface area contributed by atoms with Crippen molar-refractivity contribution in [2.75, 3.05) is 5.32 Å². The quantitative estimate of drug-likeness (QED) is 0.805. The Kier molecular flexibility index (Phi) is 4.76. The van der Waals surface area contributed by atoms with Gasteiger partial charge in [-0.2, -0.15) is 0 Å². The van der Waals surface area contributed by atoms with Crippen molar-refractivity contribution in [1.82, 2.24) is 0 Å². The maximum absolute atomic E-state index is 12.2. The molecule has 1 saturated carbocycles. The average Bonchev–Trinajstić information content (AvgIpc) is 2.68. The van der Waals surface area contributed by atoms with E-state index in [9.17, 15) is 4.79 Å². The first-order chi connectivity index (χ1) is 8.81. The van der Waals surface area contributed by atoms with Crippen LogP contribution in [0, 0.1) is 5.92 Å². The molecule has 0 saturated heterocycles. The Balaban J connectivity index is 2.01. The number of nitrogens with two attached hydrogens (primary N) is 1. The zero-order chi connectivity index (χ0) is 12.8.